The molecule has 0 fully saturated rings. The van der Waals surface area contributed by atoms with E-state index in [1.165, 1.54) is 35.5 Å². The molecule has 0 saturated heterocycles. The van der Waals surface area contributed by atoms with Gasteiger partial charge in [-0.25, -0.2) is 0 Å². The Morgan fingerprint density at radius 3 is 1.60 bits per heavy atom. The maximum atomic E-state index is 12.1. The molecule has 15 heteroatoms. The van der Waals surface area contributed by atoms with Gasteiger partial charge in [-0.2, -0.15) is 0 Å². The molecule has 0 aliphatic carbocycles. The molecule has 0 bridgehead atoms. The Hall–Kier alpha value is -6.25. The van der Waals surface area contributed by atoms with Crippen molar-refractivity contribution in [3.05, 3.63) is 100 Å². The minimum absolute atomic E-state index is 0.0912. The van der Waals surface area contributed by atoms with Gasteiger partial charge in [-0.05, 0) is 50.5 Å². The number of likely N-dealkylation sites (N-methyl/N-ethyl adjacent to an activating group) is 2. The van der Waals surface area contributed by atoms with Crippen molar-refractivity contribution < 1.29 is 38.5 Å². The van der Waals surface area contributed by atoms with Gasteiger partial charge >= 0.3 is 0 Å². The molecular weight excluding hydrogens is 670 g/mol. The Morgan fingerprint density at radius 1 is 0.615 bits per heavy atom. The standard InChI is InChI=1S/C19H22N2O3.C18H25N5O5/c1-13-9-10-14(2)17(11-13)24-12-15-7-5-6-8-16(15)18(21-23-4)19(22)20-3;1-12(20-25-4)16(22-26-5)13(2)21-28-11-14-9-7-8-10-15(14)17(23-27-6)18(24)19-3/h5-11H,12H2,1-4H3,(H,20,22);7-10H,11H2,1-6H3,(H,19,24)/b21-18-;20-12-,21-13+,22-16+,23-17+. The lowest BCUT2D eigenvalue weighted by Gasteiger charge is -2.13. The quantitative estimate of drug-likeness (QED) is 0.159. The second-order valence-electron chi connectivity index (χ2n) is 10.7. The fraction of sp³-hybridized carbons (Fsp3) is 0.324. The Bertz CT molecular complexity index is 1800. The Labute approximate surface area is 304 Å². The van der Waals surface area contributed by atoms with E-state index in [2.05, 4.69) is 36.4 Å². The monoisotopic (exact) mass is 717 g/mol. The molecule has 3 rings (SSSR count). The van der Waals surface area contributed by atoms with Gasteiger partial charge < -0.3 is 39.6 Å². The van der Waals surface area contributed by atoms with Gasteiger partial charge in [0.2, 0.25) is 0 Å². The van der Waals surface area contributed by atoms with E-state index in [1.54, 1.807) is 39.1 Å². The average molecular weight is 718 g/mol. The lowest BCUT2D eigenvalue weighted by atomic mass is 10.0. The van der Waals surface area contributed by atoms with Crippen molar-refractivity contribution in [2.75, 3.05) is 42.5 Å². The van der Waals surface area contributed by atoms with E-state index >= 15 is 0 Å². The lowest BCUT2D eigenvalue weighted by Crippen LogP contribution is -2.29. The molecule has 3 aromatic carbocycles. The highest BCUT2D eigenvalue weighted by Crippen LogP contribution is 2.22. The van der Waals surface area contributed by atoms with Gasteiger partial charge in [0.1, 0.15) is 58.8 Å². The Morgan fingerprint density at radius 2 is 1.10 bits per heavy atom. The molecule has 3 aromatic rings. The zero-order valence-corrected chi connectivity index (χ0v) is 31.3. The third-order valence-corrected chi connectivity index (χ3v) is 7.04. The van der Waals surface area contributed by atoms with Crippen molar-refractivity contribution in [3.8, 4) is 5.75 Å². The number of carbonyl (C=O) groups excluding carboxylic acids is 2. The first kappa shape index (κ1) is 41.9. The van der Waals surface area contributed by atoms with E-state index in [9.17, 15) is 9.59 Å². The van der Waals surface area contributed by atoms with Gasteiger partial charge in [0.15, 0.2) is 17.1 Å². The van der Waals surface area contributed by atoms with Crippen LogP contribution < -0.4 is 15.4 Å². The number of hydrogen-bond acceptors (Lipinski definition) is 13. The van der Waals surface area contributed by atoms with Crippen LogP contribution in [0.2, 0.25) is 0 Å². The number of rotatable bonds is 16. The predicted molar refractivity (Wildman–Crippen MR) is 201 cm³/mol. The zero-order chi connectivity index (χ0) is 38.5. The summed E-state index contributed by atoms with van der Waals surface area (Å²) >= 11 is 0. The number of benzene rings is 3. The number of nitrogens with zero attached hydrogens (tertiary/aromatic N) is 5. The summed E-state index contributed by atoms with van der Waals surface area (Å²) in [6.45, 7) is 7.85. The van der Waals surface area contributed by atoms with Crippen molar-refractivity contribution in [1.82, 2.24) is 10.6 Å². The molecule has 278 valence electrons. The van der Waals surface area contributed by atoms with Crippen LogP contribution in [-0.2, 0) is 47.0 Å². The Kier molecular flexibility index (Phi) is 18.1. The molecule has 0 saturated carbocycles. The summed E-state index contributed by atoms with van der Waals surface area (Å²) in [6, 6.07) is 20.7. The first-order valence-electron chi connectivity index (χ1n) is 16.0. The van der Waals surface area contributed by atoms with E-state index in [0.29, 0.717) is 40.4 Å². The van der Waals surface area contributed by atoms with Gasteiger partial charge in [0.05, 0.1) is 0 Å². The van der Waals surface area contributed by atoms with Gasteiger partial charge in [0, 0.05) is 30.8 Å². The van der Waals surface area contributed by atoms with Crippen LogP contribution in [-0.4, -0.2) is 82.9 Å². The molecule has 2 N–H and O–H groups in total. The molecule has 0 unspecified atom stereocenters. The zero-order valence-electron chi connectivity index (χ0n) is 31.3. The first-order chi connectivity index (χ1) is 25.1. The van der Waals surface area contributed by atoms with Crippen LogP contribution in [0.1, 0.15) is 47.2 Å². The second-order valence-corrected chi connectivity index (χ2v) is 10.7. The molecule has 0 heterocycles. The molecule has 52 heavy (non-hydrogen) atoms. The normalized spacial score (nSPS) is 12.2. The molecule has 0 aliphatic rings. The maximum Gasteiger partial charge on any atom is 0.273 e. The fourth-order valence-corrected chi connectivity index (χ4v) is 4.53. The number of carbonyl (C=O) groups is 2. The largest absolute Gasteiger partial charge is 0.489 e. The molecule has 15 nitrogen and oxygen atoms in total. The minimum atomic E-state index is -0.380. The van der Waals surface area contributed by atoms with Crippen molar-refractivity contribution >= 4 is 40.4 Å². The second kappa shape index (κ2) is 22.5. The minimum Gasteiger partial charge on any atom is -0.489 e. The summed E-state index contributed by atoms with van der Waals surface area (Å²) in [5.74, 6) is 0.140. The predicted octanol–water partition coefficient (Wildman–Crippen LogP) is 4.68. The molecule has 0 radical (unpaired) electrons. The van der Waals surface area contributed by atoms with Crippen LogP contribution in [0.5, 0.6) is 5.75 Å². The van der Waals surface area contributed by atoms with E-state index in [4.69, 9.17) is 28.9 Å². The van der Waals surface area contributed by atoms with E-state index < -0.39 is 0 Å². The van der Waals surface area contributed by atoms with Gasteiger partial charge in [-0.1, -0.05) is 86.4 Å². The third-order valence-electron chi connectivity index (χ3n) is 7.04. The maximum absolute atomic E-state index is 12.1. The van der Waals surface area contributed by atoms with Crippen molar-refractivity contribution in [2.45, 2.75) is 40.9 Å². The number of aryl methyl sites for hydroxylation is 2. The lowest BCUT2D eigenvalue weighted by molar-refractivity contribution is -0.115. The van der Waals surface area contributed by atoms with Crippen molar-refractivity contribution in [2.24, 2.45) is 25.8 Å². The van der Waals surface area contributed by atoms with Crippen LogP contribution in [0.4, 0.5) is 0 Å². The van der Waals surface area contributed by atoms with Gasteiger partial charge in [-0.15, -0.1) is 0 Å². The third kappa shape index (κ3) is 12.6. The average Bonchev–Trinajstić information content (AvgIpc) is 3.15. The van der Waals surface area contributed by atoms with Gasteiger partial charge in [-0.3, -0.25) is 9.59 Å². The van der Waals surface area contributed by atoms with Crippen LogP contribution >= 0.6 is 0 Å². The van der Waals surface area contributed by atoms with E-state index in [1.807, 2.05) is 62.4 Å². The smallest absolute Gasteiger partial charge is 0.273 e. The highest BCUT2D eigenvalue weighted by molar-refractivity contribution is 6.67. The molecule has 0 aliphatic heterocycles. The number of oxime groups is 5. The van der Waals surface area contributed by atoms with Crippen molar-refractivity contribution in [3.63, 3.8) is 0 Å². The van der Waals surface area contributed by atoms with Gasteiger partial charge in [0.25, 0.3) is 11.8 Å². The van der Waals surface area contributed by atoms with E-state index in [-0.39, 0.29) is 29.8 Å². The van der Waals surface area contributed by atoms with Crippen LogP contribution in [0.25, 0.3) is 0 Å². The van der Waals surface area contributed by atoms with Crippen LogP contribution in [0.3, 0.4) is 0 Å². The Balaban J connectivity index is 0.000000364. The fourth-order valence-electron chi connectivity index (χ4n) is 4.53. The number of nitrogens with one attached hydrogen (secondary N) is 2. The first-order valence-corrected chi connectivity index (χ1v) is 16.0. The summed E-state index contributed by atoms with van der Waals surface area (Å²) < 4.78 is 5.96. The van der Waals surface area contributed by atoms with Crippen LogP contribution in [0.15, 0.2) is 92.5 Å². The van der Waals surface area contributed by atoms with Crippen LogP contribution in [0, 0.1) is 13.8 Å². The molecule has 0 atom stereocenters. The highest BCUT2D eigenvalue weighted by atomic mass is 16.6. The number of hydrogen-bond donors (Lipinski definition) is 2. The number of amides is 2. The SMILES string of the molecule is CNC(=O)/C(=N/OC)c1ccccc1CO/N=C(C)/C(=N/OC)C(/C)=N\OC.CNC(=O)/C(=N\OC)c1ccccc1COc1cc(C)ccc1C. The van der Waals surface area contributed by atoms with E-state index in [0.717, 1.165) is 22.4 Å². The van der Waals surface area contributed by atoms with Crippen molar-refractivity contribution in [1.29, 1.82) is 0 Å². The molecule has 2 amide bonds. The molecular formula is C37H47N7O8. The summed E-state index contributed by atoms with van der Waals surface area (Å²) in [4.78, 5) is 48.8. The number of ether oxygens (including phenoxy) is 1. The summed E-state index contributed by atoms with van der Waals surface area (Å²) in [5.41, 5.74) is 6.66. The molecule has 0 aromatic heterocycles. The summed E-state index contributed by atoms with van der Waals surface area (Å²) in [7, 11) is 8.71. The topological polar surface area (TPSA) is 175 Å². The summed E-state index contributed by atoms with van der Waals surface area (Å²) in [6.07, 6.45) is 0. The summed E-state index contributed by atoms with van der Waals surface area (Å²) in [5, 5.41) is 24.5. The highest BCUT2D eigenvalue weighted by Gasteiger charge is 2.19. The molecule has 0 spiro atoms.